The second-order valence-corrected chi connectivity index (χ2v) is 5.45. The molecule has 98 valence electrons. The molecule has 3 N–H and O–H groups in total. The summed E-state index contributed by atoms with van der Waals surface area (Å²) in [7, 11) is 0. The number of carbonyl (C=O) groups excluding carboxylic acids is 1. The van der Waals surface area contributed by atoms with Crippen molar-refractivity contribution in [3.05, 3.63) is 34.9 Å². The first-order chi connectivity index (χ1) is 8.61. The summed E-state index contributed by atoms with van der Waals surface area (Å²) in [6, 6.07) is 7.80. The van der Waals surface area contributed by atoms with Crippen molar-refractivity contribution < 1.29 is 4.79 Å². The first kappa shape index (κ1) is 13.4. The van der Waals surface area contributed by atoms with Crippen LogP contribution in [0.2, 0.25) is 5.02 Å². The van der Waals surface area contributed by atoms with Gasteiger partial charge in [-0.05, 0) is 36.5 Å². The predicted octanol–water partition coefficient (Wildman–Crippen LogP) is 2.50. The molecular weight excluding hydrogens is 248 g/mol. The summed E-state index contributed by atoms with van der Waals surface area (Å²) < 4.78 is 0. The van der Waals surface area contributed by atoms with Crippen molar-refractivity contribution >= 4 is 17.5 Å². The molecule has 0 spiro atoms. The summed E-state index contributed by atoms with van der Waals surface area (Å²) in [6.45, 7) is 2.23. The van der Waals surface area contributed by atoms with E-state index in [0.717, 1.165) is 10.6 Å². The van der Waals surface area contributed by atoms with Crippen molar-refractivity contribution in [1.29, 1.82) is 0 Å². The second-order valence-electron chi connectivity index (χ2n) is 5.01. The Kier molecular flexibility index (Phi) is 4.25. The normalized spacial score (nSPS) is 18.2. The minimum absolute atomic E-state index is 0.0318. The highest BCUT2D eigenvalue weighted by Gasteiger charge is 2.33. The van der Waals surface area contributed by atoms with Crippen molar-refractivity contribution in [3.8, 4) is 0 Å². The largest absolute Gasteiger partial charge is 0.349 e. The van der Waals surface area contributed by atoms with E-state index in [-0.39, 0.29) is 17.9 Å². The second kappa shape index (κ2) is 5.72. The van der Waals surface area contributed by atoms with E-state index in [1.165, 1.54) is 12.8 Å². The molecule has 1 aromatic rings. The quantitative estimate of drug-likeness (QED) is 0.860. The Morgan fingerprint density at radius 1 is 1.44 bits per heavy atom. The van der Waals surface area contributed by atoms with Crippen LogP contribution in [0.3, 0.4) is 0 Å². The number of halogens is 1. The van der Waals surface area contributed by atoms with E-state index < -0.39 is 0 Å². The number of carbonyl (C=O) groups is 1. The highest BCUT2D eigenvalue weighted by molar-refractivity contribution is 6.30. The molecule has 2 rings (SSSR count). The number of amides is 1. The molecule has 1 amide bonds. The zero-order valence-corrected chi connectivity index (χ0v) is 11.3. The van der Waals surface area contributed by atoms with Gasteiger partial charge < -0.3 is 11.1 Å². The van der Waals surface area contributed by atoms with Gasteiger partial charge in [0.2, 0.25) is 5.91 Å². The van der Waals surface area contributed by atoms with Crippen LogP contribution in [0.15, 0.2) is 24.3 Å². The molecule has 0 aromatic heterocycles. The fourth-order valence-corrected chi connectivity index (χ4v) is 2.10. The van der Waals surface area contributed by atoms with E-state index >= 15 is 0 Å². The molecule has 1 aliphatic carbocycles. The van der Waals surface area contributed by atoms with Gasteiger partial charge in [0, 0.05) is 17.5 Å². The van der Waals surface area contributed by atoms with Gasteiger partial charge in [0.05, 0.1) is 6.04 Å². The Labute approximate surface area is 113 Å². The fraction of sp³-hybridized carbons (Fsp3) is 0.500. The van der Waals surface area contributed by atoms with E-state index in [1.54, 1.807) is 0 Å². The molecule has 2 atom stereocenters. The number of nitrogens with one attached hydrogen (secondary N) is 1. The maximum absolute atomic E-state index is 11.9. The van der Waals surface area contributed by atoms with Crippen molar-refractivity contribution in [2.75, 3.05) is 6.54 Å². The molecular formula is C14H19ClN2O. The van der Waals surface area contributed by atoms with Crippen LogP contribution in [0.1, 0.15) is 31.4 Å². The number of benzene rings is 1. The number of rotatable bonds is 5. The lowest BCUT2D eigenvalue weighted by Crippen LogP contribution is -2.36. The number of nitrogens with two attached hydrogens (primary N) is 1. The van der Waals surface area contributed by atoms with Crippen molar-refractivity contribution in [2.24, 2.45) is 17.6 Å². The van der Waals surface area contributed by atoms with Crippen LogP contribution in [0.4, 0.5) is 0 Å². The van der Waals surface area contributed by atoms with E-state index in [4.69, 9.17) is 17.3 Å². The van der Waals surface area contributed by atoms with Gasteiger partial charge in [0.15, 0.2) is 0 Å². The van der Waals surface area contributed by atoms with Gasteiger partial charge in [0.1, 0.15) is 0 Å². The van der Waals surface area contributed by atoms with E-state index in [1.807, 2.05) is 31.2 Å². The average molecular weight is 267 g/mol. The summed E-state index contributed by atoms with van der Waals surface area (Å²) >= 11 is 5.89. The van der Waals surface area contributed by atoms with Gasteiger partial charge >= 0.3 is 0 Å². The Hall–Kier alpha value is -1.06. The van der Waals surface area contributed by atoms with Gasteiger partial charge in [-0.3, -0.25) is 4.79 Å². The van der Waals surface area contributed by atoms with Crippen LogP contribution >= 0.6 is 11.6 Å². The molecule has 1 aliphatic rings. The summed E-state index contributed by atoms with van der Waals surface area (Å²) in [5.41, 5.74) is 6.65. The van der Waals surface area contributed by atoms with Gasteiger partial charge in [0.25, 0.3) is 0 Å². The maximum Gasteiger partial charge on any atom is 0.224 e. The van der Waals surface area contributed by atoms with Crippen LogP contribution in [0, 0.1) is 11.8 Å². The van der Waals surface area contributed by atoms with E-state index in [2.05, 4.69) is 5.32 Å². The molecule has 0 saturated heterocycles. The summed E-state index contributed by atoms with van der Waals surface area (Å²) in [5, 5.41) is 3.82. The molecule has 1 fully saturated rings. The Morgan fingerprint density at radius 3 is 2.56 bits per heavy atom. The molecule has 3 nitrogen and oxygen atoms in total. The van der Waals surface area contributed by atoms with Gasteiger partial charge in [-0.1, -0.05) is 30.7 Å². The first-order valence-corrected chi connectivity index (χ1v) is 6.75. The van der Waals surface area contributed by atoms with Crippen LogP contribution in [0.5, 0.6) is 0 Å². The SMILES string of the molecule is CC(CN)C(=O)NC(c1ccc(Cl)cc1)C1CC1. The summed E-state index contributed by atoms with van der Waals surface area (Å²) in [6.07, 6.45) is 2.34. The van der Waals surface area contributed by atoms with Gasteiger partial charge in [-0.25, -0.2) is 0 Å². The van der Waals surface area contributed by atoms with Crippen LogP contribution in [0.25, 0.3) is 0 Å². The third kappa shape index (κ3) is 3.24. The monoisotopic (exact) mass is 266 g/mol. The number of hydrogen-bond donors (Lipinski definition) is 2. The Balaban J connectivity index is 2.09. The Morgan fingerprint density at radius 2 is 2.06 bits per heavy atom. The lowest BCUT2D eigenvalue weighted by molar-refractivity contribution is -0.125. The van der Waals surface area contributed by atoms with Crippen LogP contribution in [-0.4, -0.2) is 12.5 Å². The predicted molar refractivity (Wildman–Crippen MR) is 73.3 cm³/mol. The zero-order chi connectivity index (χ0) is 13.1. The molecule has 0 heterocycles. The molecule has 0 aliphatic heterocycles. The number of hydrogen-bond acceptors (Lipinski definition) is 2. The molecule has 1 saturated carbocycles. The molecule has 1 aromatic carbocycles. The topological polar surface area (TPSA) is 55.1 Å². The first-order valence-electron chi connectivity index (χ1n) is 6.37. The van der Waals surface area contributed by atoms with Gasteiger partial charge in [-0.15, -0.1) is 0 Å². The minimum Gasteiger partial charge on any atom is -0.349 e. The third-order valence-electron chi connectivity index (χ3n) is 3.42. The van der Waals surface area contributed by atoms with Gasteiger partial charge in [-0.2, -0.15) is 0 Å². The molecule has 4 heteroatoms. The molecule has 2 unspecified atom stereocenters. The molecule has 0 bridgehead atoms. The van der Waals surface area contributed by atoms with Crippen molar-refractivity contribution in [3.63, 3.8) is 0 Å². The lowest BCUT2D eigenvalue weighted by atomic mass is 10.0. The van der Waals surface area contributed by atoms with Crippen LogP contribution < -0.4 is 11.1 Å². The van der Waals surface area contributed by atoms with E-state index in [0.29, 0.717) is 12.5 Å². The minimum atomic E-state index is -0.140. The maximum atomic E-state index is 11.9. The molecule has 18 heavy (non-hydrogen) atoms. The zero-order valence-electron chi connectivity index (χ0n) is 10.5. The lowest BCUT2D eigenvalue weighted by Gasteiger charge is -2.21. The standard InChI is InChI=1S/C14H19ClN2O/c1-9(8-16)14(18)17-13(10-2-3-10)11-4-6-12(15)7-5-11/h4-7,9-10,13H,2-3,8,16H2,1H3,(H,17,18). The fourth-order valence-electron chi connectivity index (χ4n) is 1.98. The summed E-state index contributed by atoms with van der Waals surface area (Å²) in [4.78, 5) is 11.9. The van der Waals surface area contributed by atoms with Crippen molar-refractivity contribution in [1.82, 2.24) is 5.32 Å². The van der Waals surface area contributed by atoms with Crippen LogP contribution in [-0.2, 0) is 4.79 Å². The molecule has 0 radical (unpaired) electrons. The average Bonchev–Trinajstić information content (AvgIpc) is 3.20. The smallest absolute Gasteiger partial charge is 0.224 e. The van der Waals surface area contributed by atoms with Crippen molar-refractivity contribution in [2.45, 2.75) is 25.8 Å². The summed E-state index contributed by atoms with van der Waals surface area (Å²) in [5.74, 6) is 0.447. The van der Waals surface area contributed by atoms with E-state index in [9.17, 15) is 4.79 Å². The third-order valence-corrected chi connectivity index (χ3v) is 3.67. The highest BCUT2D eigenvalue weighted by atomic mass is 35.5. The highest BCUT2D eigenvalue weighted by Crippen LogP contribution is 2.41. The Bertz CT molecular complexity index is 414.